The van der Waals surface area contributed by atoms with Gasteiger partial charge in [-0.25, -0.2) is 9.97 Å². The zero-order chi connectivity index (χ0) is 21.0. The predicted octanol–water partition coefficient (Wildman–Crippen LogP) is 6.05. The van der Waals surface area contributed by atoms with E-state index < -0.39 is 0 Å². The van der Waals surface area contributed by atoms with E-state index in [4.69, 9.17) is 5.11 Å². The summed E-state index contributed by atoms with van der Waals surface area (Å²) < 4.78 is 0. The summed E-state index contributed by atoms with van der Waals surface area (Å²) in [6.45, 7) is 0. The van der Waals surface area contributed by atoms with Crippen molar-refractivity contribution >= 4 is 46.4 Å². The third-order valence-corrected chi connectivity index (χ3v) is 4.80. The molecule has 6 heteroatoms. The van der Waals surface area contributed by atoms with E-state index in [0.29, 0.717) is 5.75 Å². The maximum Gasteiger partial charge on any atom is 0.115 e. The van der Waals surface area contributed by atoms with E-state index in [1.165, 1.54) is 0 Å². The molecule has 0 radical (unpaired) electrons. The molecule has 158 valence electrons. The minimum atomic E-state index is 0. The van der Waals surface area contributed by atoms with Gasteiger partial charge in [-0.15, -0.1) is 0 Å². The molecule has 32 heavy (non-hydrogen) atoms. The third-order valence-electron chi connectivity index (χ3n) is 4.80. The molecule has 0 amide bonds. The number of aromatic amines is 2. The summed E-state index contributed by atoms with van der Waals surface area (Å²) >= 11 is 0. The SMILES string of the molecule is C1=Cc2cc3ccc(cc4ccc(cc5nc(cc1n2)C=C5)[nH]4)[nH]3.Oc1ccccc1.[Fe]. The smallest absolute Gasteiger partial charge is 0.115 e. The summed E-state index contributed by atoms with van der Waals surface area (Å²) in [5.41, 5.74) is 7.86. The fraction of sp³-hybridized carbons (Fsp3) is 0. The van der Waals surface area contributed by atoms with E-state index >= 15 is 0 Å². The van der Waals surface area contributed by atoms with Gasteiger partial charge in [-0.2, -0.15) is 0 Å². The van der Waals surface area contributed by atoms with Crippen molar-refractivity contribution in [3.05, 3.63) is 102 Å². The van der Waals surface area contributed by atoms with Gasteiger partial charge >= 0.3 is 0 Å². The van der Waals surface area contributed by atoms with Crippen LogP contribution in [0.15, 0.2) is 78.9 Å². The van der Waals surface area contributed by atoms with E-state index in [1.54, 1.807) is 24.3 Å². The standard InChI is InChI=1S/C20H14N4.C6H6O.Fe/c1-2-14-10-16-5-6-18(23-16)12-20-8-7-19(24-20)11-17-4-3-15(22-17)9-13(1)21-14;7-6-4-2-1-3-5-6;/h1-12,21-22H;1-5,7H;. The molecule has 8 bridgehead atoms. The second kappa shape index (κ2) is 9.52. The van der Waals surface area contributed by atoms with Gasteiger partial charge in [0.1, 0.15) is 5.75 Å². The normalized spacial score (nSPS) is 11.4. The zero-order valence-electron chi connectivity index (χ0n) is 17.0. The molecule has 4 aromatic rings. The van der Waals surface area contributed by atoms with E-state index in [9.17, 15) is 0 Å². The minimum absolute atomic E-state index is 0. The Kier molecular flexibility index (Phi) is 6.36. The van der Waals surface area contributed by atoms with Gasteiger partial charge in [0.15, 0.2) is 0 Å². The predicted molar refractivity (Wildman–Crippen MR) is 127 cm³/mol. The van der Waals surface area contributed by atoms with Crippen LogP contribution < -0.4 is 0 Å². The average molecular weight is 460 g/mol. The van der Waals surface area contributed by atoms with Gasteiger partial charge in [0, 0.05) is 39.1 Å². The number of phenols is 1. The van der Waals surface area contributed by atoms with Crippen molar-refractivity contribution in [3.8, 4) is 5.75 Å². The van der Waals surface area contributed by atoms with Crippen molar-refractivity contribution in [2.24, 2.45) is 0 Å². The van der Waals surface area contributed by atoms with E-state index in [0.717, 1.165) is 44.8 Å². The van der Waals surface area contributed by atoms with Gasteiger partial charge in [-0.1, -0.05) is 18.2 Å². The molecule has 0 spiro atoms. The van der Waals surface area contributed by atoms with E-state index in [2.05, 4.69) is 50.3 Å². The maximum absolute atomic E-state index is 8.63. The van der Waals surface area contributed by atoms with Crippen LogP contribution in [0.3, 0.4) is 0 Å². The number of hydrogen-bond acceptors (Lipinski definition) is 3. The summed E-state index contributed by atoms with van der Waals surface area (Å²) in [4.78, 5) is 16.0. The van der Waals surface area contributed by atoms with Crippen molar-refractivity contribution in [2.75, 3.05) is 0 Å². The number of nitrogens with zero attached hydrogens (tertiary/aromatic N) is 2. The number of rotatable bonds is 0. The molecule has 0 atom stereocenters. The summed E-state index contributed by atoms with van der Waals surface area (Å²) in [6, 6.07) is 25.1. The fourth-order valence-electron chi connectivity index (χ4n) is 3.37. The van der Waals surface area contributed by atoms with Crippen LogP contribution in [0.5, 0.6) is 5.75 Å². The molecule has 5 nitrogen and oxygen atoms in total. The Labute approximate surface area is 195 Å². The molecule has 1 aromatic carbocycles. The Bertz CT molecular complexity index is 1360. The molecule has 3 aromatic heterocycles. The number of para-hydroxylation sites is 1. The molecule has 2 aliphatic rings. The molecule has 0 unspecified atom stereocenters. The molecular formula is C26H20FeN4O. The number of phenolic OH excluding ortho intramolecular Hbond substituents is 1. The Morgan fingerprint density at radius 1 is 0.500 bits per heavy atom. The van der Waals surface area contributed by atoms with Crippen molar-refractivity contribution in [1.82, 2.24) is 19.9 Å². The topological polar surface area (TPSA) is 77.6 Å². The molecular weight excluding hydrogens is 440 g/mol. The summed E-state index contributed by atoms with van der Waals surface area (Å²) in [5, 5.41) is 8.63. The number of nitrogens with one attached hydrogen (secondary N) is 2. The Hall–Kier alpha value is -3.86. The van der Waals surface area contributed by atoms with Gasteiger partial charge in [0.2, 0.25) is 0 Å². The molecule has 6 rings (SSSR count). The molecule has 3 N–H and O–H groups in total. The summed E-state index contributed by atoms with van der Waals surface area (Å²) in [7, 11) is 0. The van der Waals surface area contributed by atoms with Gasteiger partial charge in [0.25, 0.3) is 0 Å². The van der Waals surface area contributed by atoms with Crippen LogP contribution in [0.25, 0.3) is 46.4 Å². The van der Waals surface area contributed by atoms with Crippen LogP contribution in [0, 0.1) is 0 Å². The van der Waals surface area contributed by atoms with Crippen molar-refractivity contribution in [1.29, 1.82) is 0 Å². The number of hydrogen-bond donors (Lipinski definition) is 3. The molecule has 2 aliphatic heterocycles. The van der Waals surface area contributed by atoms with Crippen LogP contribution in [-0.4, -0.2) is 25.0 Å². The first kappa shape index (κ1) is 21.4. The summed E-state index contributed by atoms with van der Waals surface area (Å²) in [6.07, 6.45) is 8.05. The second-order valence-electron chi connectivity index (χ2n) is 7.24. The Morgan fingerprint density at radius 2 is 0.906 bits per heavy atom. The zero-order valence-corrected chi connectivity index (χ0v) is 18.1. The summed E-state index contributed by atoms with van der Waals surface area (Å²) in [5.74, 6) is 0.322. The van der Waals surface area contributed by atoms with Crippen LogP contribution in [-0.2, 0) is 17.1 Å². The number of aromatic hydroxyl groups is 1. The quantitative estimate of drug-likeness (QED) is 0.242. The van der Waals surface area contributed by atoms with Crippen LogP contribution in [0.1, 0.15) is 22.8 Å². The molecule has 0 aliphatic carbocycles. The number of aromatic nitrogens is 4. The van der Waals surface area contributed by atoms with Crippen LogP contribution in [0.2, 0.25) is 0 Å². The molecule has 0 saturated carbocycles. The number of H-pyrrole nitrogens is 2. The minimum Gasteiger partial charge on any atom is -0.508 e. The second-order valence-corrected chi connectivity index (χ2v) is 7.24. The molecule has 5 heterocycles. The first-order chi connectivity index (χ1) is 15.2. The van der Waals surface area contributed by atoms with Crippen molar-refractivity contribution < 1.29 is 22.2 Å². The van der Waals surface area contributed by atoms with Crippen molar-refractivity contribution in [2.45, 2.75) is 0 Å². The largest absolute Gasteiger partial charge is 0.508 e. The average Bonchev–Trinajstić information content (AvgIpc) is 3.55. The molecule has 0 fully saturated rings. The van der Waals surface area contributed by atoms with Crippen LogP contribution >= 0.6 is 0 Å². The number of fused-ring (bicyclic) bond motifs is 8. The molecule has 0 saturated heterocycles. The van der Waals surface area contributed by atoms with E-state index in [-0.39, 0.29) is 17.1 Å². The van der Waals surface area contributed by atoms with Crippen molar-refractivity contribution in [3.63, 3.8) is 0 Å². The van der Waals surface area contributed by atoms with Gasteiger partial charge < -0.3 is 15.1 Å². The van der Waals surface area contributed by atoms with Gasteiger partial charge in [-0.05, 0) is 85.0 Å². The maximum atomic E-state index is 8.63. The Morgan fingerprint density at radius 3 is 1.31 bits per heavy atom. The van der Waals surface area contributed by atoms with Gasteiger partial charge in [-0.3, -0.25) is 0 Å². The Balaban J connectivity index is 0.000000265. The fourth-order valence-corrected chi connectivity index (χ4v) is 3.37. The third kappa shape index (κ3) is 5.24. The monoisotopic (exact) mass is 460 g/mol. The van der Waals surface area contributed by atoms with Gasteiger partial charge in [0.05, 0.1) is 22.8 Å². The van der Waals surface area contributed by atoms with Crippen LogP contribution in [0.4, 0.5) is 0 Å². The van der Waals surface area contributed by atoms with E-state index in [1.807, 2.05) is 48.6 Å². The number of benzene rings is 1. The first-order valence-electron chi connectivity index (χ1n) is 9.98. The first-order valence-corrected chi connectivity index (χ1v) is 9.98.